The highest BCUT2D eigenvalue weighted by Gasteiger charge is 2.23. The highest BCUT2D eigenvalue weighted by molar-refractivity contribution is 5.75. The average Bonchev–Trinajstić information content (AvgIpc) is 3.01. The Morgan fingerprint density at radius 1 is 1.55 bits per heavy atom. The molecule has 1 aromatic heterocycles. The van der Waals surface area contributed by atoms with Gasteiger partial charge in [-0.05, 0) is 17.7 Å². The normalized spacial score (nSPS) is 13.4. The van der Waals surface area contributed by atoms with Crippen molar-refractivity contribution in [1.82, 2.24) is 9.97 Å². The Bertz CT molecular complexity index is 670. The maximum atomic E-state index is 11.4. The summed E-state index contributed by atoms with van der Waals surface area (Å²) in [5.41, 5.74) is 2.41. The molecule has 0 unspecified atom stereocenters. The standard InChI is InChI=1S/C15H17N3O4/c1-21-14(20)6-10-4-12-15(13(19)5-10)22-3-2-18(12)8-11-7-16-9-17-11/h4-5,7,9,19H,2-3,6,8H2,1H3,(H,16,17). The van der Waals surface area contributed by atoms with Gasteiger partial charge >= 0.3 is 5.97 Å². The van der Waals surface area contributed by atoms with E-state index in [1.54, 1.807) is 12.5 Å². The van der Waals surface area contributed by atoms with E-state index in [0.717, 1.165) is 11.4 Å². The van der Waals surface area contributed by atoms with Gasteiger partial charge in [-0.25, -0.2) is 4.98 Å². The lowest BCUT2D eigenvalue weighted by atomic mass is 10.1. The van der Waals surface area contributed by atoms with E-state index in [0.29, 0.717) is 31.0 Å². The molecule has 0 radical (unpaired) electrons. The first kappa shape index (κ1) is 14.2. The number of ether oxygens (including phenoxy) is 2. The van der Waals surface area contributed by atoms with Crippen LogP contribution in [0.3, 0.4) is 0 Å². The van der Waals surface area contributed by atoms with E-state index in [9.17, 15) is 9.90 Å². The summed E-state index contributed by atoms with van der Waals surface area (Å²) in [6.07, 6.45) is 3.49. The SMILES string of the molecule is COC(=O)Cc1cc(O)c2c(c1)N(Cc1cnc[nH]1)CCO2. The highest BCUT2D eigenvalue weighted by atomic mass is 16.5. The van der Waals surface area contributed by atoms with Crippen molar-refractivity contribution >= 4 is 11.7 Å². The van der Waals surface area contributed by atoms with Gasteiger partial charge < -0.3 is 24.5 Å². The number of aromatic hydroxyl groups is 1. The zero-order valence-corrected chi connectivity index (χ0v) is 12.2. The van der Waals surface area contributed by atoms with Gasteiger partial charge in [-0.3, -0.25) is 4.79 Å². The third-order valence-corrected chi connectivity index (χ3v) is 3.55. The van der Waals surface area contributed by atoms with Crippen LogP contribution in [0.4, 0.5) is 5.69 Å². The third-order valence-electron chi connectivity index (χ3n) is 3.55. The minimum absolute atomic E-state index is 0.0331. The van der Waals surface area contributed by atoms with E-state index >= 15 is 0 Å². The number of hydrogen-bond donors (Lipinski definition) is 2. The number of esters is 1. The van der Waals surface area contributed by atoms with Crippen molar-refractivity contribution in [3.05, 3.63) is 35.9 Å². The molecule has 0 aliphatic carbocycles. The molecule has 0 atom stereocenters. The predicted molar refractivity (Wildman–Crippen MR) is 79.0 cm³/mol. The number of fused-ring (bicyclic) bond motifs is 1. The molecule has 0 bridgehead atoms. The minimum atomic E-state index is -0.351. The Labute approximate surface area is 127 Å². The molecule has 1 aliphatic rings. The molecule has 0 fully saturated rings. The van der Waals surface area contributed by atoms with Crippen LogP contribution in [0.2, 0.25) is 0 Å². The number of methoxy groups -OCH3 is 1. The van der Waals surface area contributed by atoms with Crippen LogP contribution in [0, 0.1) is 0 Å². The molecule has 7 nitrogen and oxygen atoms in total. The van der Waals surface area contributed by atoms with E-state index < -0.39 is 0 Å². The van der Waals surface area contributed by atoms with Crippen molar-refractivity contribution in [1.29, 1.82) is 0 Å². The fourth-order valence-corrected chi connectivity index (χ4v) is 2.50. The monoisotopic (exact) mass is 303 g/mol. The number of phenolic OH excluding ortho intramolecular Hbond substituents is 1. The number of aromatic amines is 1. The molecule has 2 aromatic rings. The molecule has 0 spiro atoms. The molecule has 0 saturated carbocycles. The zero-order chi connectivity index (χ0) is 15.5. The van der Waals surface area contributed by atoms with Crippen LogP contribution in [0.5, 0.6) is 11.5 Å². The number of nitrogens with one attached hydrogen (secondary N) is 1. The van der Waals surface area contributed by atoms with Crippen molar-refractivity contribution in [2.75, 3.05) is 25.2 Å². The van der Waals surface area contributed by atoms with Crippen LogP contribution in [0.25, 0.3) is 0 Å². The summed E-state index contributed by atoms with van der Waals surface area (Å²) >= 11 is 0. The lowest BCUT2D eigenvalue weighted by molar-refractivity contribution is -0.139. The predicted octanol–water partition coefficient (Wildman–Crippen LogP) is 1.23. The maximum Gasteiger partial charge on any atom is 0.309 e. The second-order valence-corrected chi connectivity index (χ2v) is 5.06. The molecule has 1 aromatic carbocycles. The van der Waals surface area contributed by atoms with Gasteiger partial charge in [-0.15, -0.1) is 0 Å². The van der Waals surface area contributed by atoms with Gasteiger partial charge in [-0.1, -0.05) is 0 Å². The van der Waals surface area contributed by atoms with Crippen LogP contribution in [0.15, 0.2) is 24.7 Å². The van der Waals surface area contributed by atoms with Crippen LogP contribution >= 0.6 is 0 Å². The van der Waals surface area contributed by atoms with E-state index in [2.05, 4.69) is 19.6 Å². The summed E-state index contributed by atoms with van der Waals surface area (Å²) < 4.78 is 10.2. The van der Waals surface area contributed by atoms with Crippen LogP contribution < -0.4 is 9.64 Å². The number of anilines is 1. The number of nitrogens with zero attached hydrogens (tertiary/aromatic N) is 2. The van der Waals surface area contributed by atoms with Gasteiger partial charge in [-0.2, -0.15) is 0 Å². The van der Waals surface area contributed by atoms with Gasteiger partial charge in [0.25, 0.3) is 0 Å². The molecule has 1 aliphatic heterocycles. The molecule has 2 N–H and O–H groups in total. The molecule has 0 saturated heterocycles. The highest BCUT2D eigenvalue weighted by Crippen LogP contribution is 2.41. The van der Waals surface area contributed by atoms with Gasteiger partial charge in [0, 0.05) is 6.20 Å². The first-order valence-electron chi connectivity index (χ1n) is 6.95. The summed E-state index contributed by atoms with van der Waals surface area (Å²) in [7, 11) is 1.34. The van der Waals surface area contributed by atoms with E-state index in [1.165, 1.54) is 13.2 Å². The van der Waals surface area contributed by atoms with Gasteiger partial charge in [0.15, 0.2) is 11.5 Å². The molecule has 2 heterocycles. The van der Waals surface area contributed by atoms with Crippen molar-refractivity contribution < 1.29 is 19.4 Å². The van der Waals surface area contributed by atoms with Gasteiger partial charge in [0.2, 0.25) is 0 Å². The molecular weight excluding hydrogens is 286 g/mol. The van der Waals surface area contributed by atoms with Crippen molar-refractivity contribution in [3.63, 3.8) is 0 Å². The second-order valence-electron chi connectivity index (χ2n) is 5.06. The number of rotatable bonds is 4. The first-order valence-corrected chi connectivity index (χ1v) is 6.95. The minimum Gasteiger partial charge on any atom is -0.504 e. The van der Waals surface area contributed by atoms with Crippen LogP contribution in [0.1, 0.15) is 11.3 Å². The second kappa shape index (κ2) is 5.97. The number of benzene rings is 1. The lowest BCUT2D eigenvalue weighted by Crippen LogP contribution is -2.32. The number of carbonyl (C=O) groups excluding carboxylic acids is 1. The van der Waals surface area contributed by atoms with Crippen LogP contribution in [-0.2, 0) is 22.5 Å². The molecule has 0 amide bonds. The number of H-pyrrole nitrogens is 1. The Kier molecular flexibility index (Phi) is 3.86. The summed E-state index contributed by atoms with van der Waals surface area (Å²) in [5.74, 6) is 0.126. The third kappa shape index (κ3) is 2.83. The fourth-order valence-electron chi connectivity index (χ4n) is 2.50. The number of imidazole rings is 1. The molecule has 116 valence electrons. The number of carbonyl (C=O) groups is 1. The smallest absolute Gasteiger partial charge is 0.309 e. The average molecular weight is 303 g/mol. The fraction of sp³-hybridized carbons (Fsp3) is 0.333. The number of hydrogen-bond acceptors (Lipinski definition) is 6. The quantitative estimate of drug-likeness (QED) is 0.826. The number of phenols is 1. The van der Waals surface area contributed by atoms with Crippen LogP contribution in [-0.4, -0.2) is 41.3 Å². The molecular formula is C15H17N3O4. The molecule has 22 heavy (non-hydrogen) atoms. The van der Waals surface area contributed by atoms with Crippen molar-refractivity contribution in [2.24, 2.45) is 0 Å². The summed E-state index contributed by atoms with van der Waals surface area (Å²) in [6, 6.07) is 3.39. The molecule has 3 rings (SSSR count). The number of aromatic nitrogens is 2. The maximum absolute atomic E-state index is 11.4. The Balaban J connectivity index is 1.91. The largest absolute Gasteiger partial charge is 0.504 e. The first-order chi connectivity index (χ1) is 10.7. The summed E-state index contributed by atoms with van der Waals surface area (Å²) in [5, 5.41) is 10.1. The Hall–Kier alpha value is -2.70. The van der Waals surface area contributed by atoms with Gasteiger partial charge in [0.1, 0.15) is 6.61 Å². The lowest BCUT2D eigenvalue weighted by Gasteiger charge is -2.31. The van der Waals surface area contributed by atoms with Crippen molar-refractivity contribution in [2.45, 2.75) is 13.0 Å². The van der Waals surface area contributed by atoms with E-state index in [-0.39, 0.29) is 18.1 Å². The Morgan fingerprint density at radius 2 is 2.41 bits per heavy atom. The topological polar surface area (TPSA) is 87.7 Å². The Morgan fingerprint density at radius 3 is 3.14 bits per heavy atom. The van der Waals surface area contributed by atoms with Gasteiger partial charge in [0.05, 0.1) is 44.3 Å². The van der Waals surface area contributed by atoms with Crippen molar-refractivity contribution in [3.8, 4) is 11.5 Å². The molecule has 7 heteroatoms. The van der Waals surface area contributed by atoms with E-state index in [4.69, 9.17) is 4.74 Å². The van der Waals surface area contributed by atoms with E-state index in [1.807, 2.05) is 6.07 Å². The zero-order valence-electron chi connectivity index (χ0n) is 12.2. The summed E-state index contributed by atoms with van der Waals surface area (Å²) in [6.45, 7) is 1.80. The summed E-state index contributed by atoms with van der Waals surface area (Å²) in [4.78, 5) is 20.6.